The fourth-order valence-electron chi connectivity index (χ4n) is 3.22. The van der Waals surface area contributed by atoms with Crippen LogP contribution in [0.3, 0.4) is 0 Å². The van der Waals surface area contributed by atoms with Crippen LogP contribution in [0.15, 0.2) is 93.9 Å². The Balaban J connectivity index is 1.61. The van der Waals surface area contributed by atoms with E-state index < -0.39 is 15.9 Å². The van der Waals surface area contributed by atoms with E-state index in [4.69, 9.17) is 4.42 Å². The van der Waals surface area contributed by atoms with Crippen LogP contribution >= 0.6 is 11.3 Å². The molecule has 9 heteroatoms. The lowest BCUT2D eigenvalue weighted by molar-refractivity contribution is 0.0998. The first-order valence-electron chi connectivity index (χ1n) is 9.77. The summed E-state index contributed by atoms with van der Waals surface area (Å²) >= 11 is 1.42. The molecule has 0 aliphatic heterocycles. The van der Waals surface area contributed by atoms with Gasteiger partial charge in [-0.1, -0.05) is 29.5 Å². The number of aromatic nitrogens is 1. The van der Waals surface area contributed by atoms with Crippen LogP contribution < -0.4 is 4.80 Å². The largest absolute Gasteiger partial charge is 0.468 e. The van der Waals surface area contributed by atoms with Crippen LogP contribution in [0.5, 0.6) is 0 Å². The smallest absolute Gasteiger partial charge is 0.279 e. The third-order valence-electron chi connectivity index (χ3n) is 4.87. The topological polar surface area (TPSA) is 84.9 Å². The summed E-state index contributed by atoms with van der Waals surface area (Å²) in [6.45, 7) is 4.42. The van der Waals surface area contributed by atoms with E-state index in [0.29, 0.717) is 22.7 Å². The van der Waals surface area contributed by atoms with Gasteiger partial charge in [0.1, 0.15) is 5.76 Å². The SMILES string of the molecule is C=CCn1c(=NC(=O)c2ccc(S(=O)(=O)N(C)Cc3ccco3)cc2)sc2ccccc21. The number of para-hydroxylation sites is 1. The maximum atomic E-state index is 12.8. The second-order valence-electron chi connectivity index (χ2n) is 7.03. The van der Waals surface area contributed by atoms with E-state index in [1.165, 1.54) is 53.2 Å². The molecule has 0 aliphatic rings. The molecule has 0 atom stereocenters. The van der Waals surface area contributed by atoms with Crippen LogP contribution in [0.25, 0.3) is 10.2 Å². The number of fused-ring (bicyclic) bond motifs is 1. The van der Waals surface area contributed by atoms with Gasteiger partial charge in [-0.15, -0.1) is 6.58 Å². The highest BCUT2D eigenvalue weighted by atomic mass is 32.2. The summed E-state index contributed by atoms with van der Waals surface area (Å²) in [4.78, 5) is 17.7. The van der Waals surface area contributed by atoms with Crippen molar-refractivity contribution in [3.8, 4) is 0 Å². The number of benzene rings is 2. The van der Waals surface area contributed by atoms with Crippen molar-refractivity contribution in [3.05, 3.63) is 95.7 Å². The summed E-state index contributed by atoms with van der Waals surface area (Å²) in [5.74, 6) is 0.0973. The van der Waals surface area contributed by atoms with Gasteiger partial charge in [-0.3, -0.25) is 4.79 Å². The van der Waals surface area contributed by atoms with Crippen LogP contribution in [-0.4, -0.2) is 30.2 Å². The van der Waals surface area contributed by atoms with E-state index >= 15 is 0 Å². The van der Waals surface area contributed by atoms with Crippen molar-refractivity contribution in [3.63, 3.8) is 0 Å². The zero-order valence-electron chi connectivity index (χ0n) is 17.3. The van der Waals surface area contributed by atoms with Gasteiger partial charge in [0.05, 0.1) is 27.9 Å². The summed E-state index contributed by atoms with van der Waals surface area (Å²) in [5, 5.41) is 0. The number of furan rings is 1. The van der Waals surface area contributed by atoms with Crippen LogP contribution in [-0.2, 0) is 23.1 Å². The molecule has 32 heavy (non-hydrogen) atoms. The lowest BCUT2D eigenvalue weighted by Gasteiger charge is -2.16. The molecule has 0 N–H and O–H groups in total. The number of amides is 1. The standard InChI is InChI=1S/C23H21N3O4S2/c1-3-14-26-20-8-4-5-9-21(20)31-23(26)24-22(27)17-10-12-19(13-11-17)32(28,29)25(2)16-18-7-6-15-30-18/h3-13,15H,1,14,16H2,2H3. The zero-order chi connectivity index (χ0) is 22.7. The fourth-order valence-corrected chi connectivity index (χ4v) is 5.39. The molecule has 1 amide bonds. The molecule has 0 radical (unpaired) electrons. The lowest BCUT2D eigenvalue weighted by Crippen LogP contribution is -2.26. The number of hydrogen-bond donors (Lipinski definition) is 0. The van der Waals surface area contributed by atoms with Crippen LogP contribution in [0.1, 0.15) is 16.1 Å². The Morgan fingerprint density at radius 1 is 1.16 bits per heavy atom. The Morgan fingerprint density at radius 2 is 1.91 bits per heavy atom. The predicted molar refractivity (Wildman–Crippen MR) is 124 cm³/mol. The fraction of sp³-hybridized carbons (Fsp3) is 0.130. The van der Waals surface area contributed by atoms with Crippen molar-refractivity contribution in [1.82, 2.24) is 8.87 Å². The summed E-state index contributed by atoms with van der Waals surface area (Å²) in [5.41, 5.74) is 1.28. The Bertz CT molecular complexity index is 1430. The van der Waals surface area contributed by atoms with Crippen LogP contribution in [0.2, 0.25) is 0 Å². The van der Waals surface area contributed by atoms with E-state index in [1.54, 1.807) is 18.2 Å². The molecule has 4 aromatic rings. The van der Waals surface area contributed by atoms with E-state index in [1.807, 2.05) is 28.8 Å². The molecule has 0 saturated carbocycles. The quantitative estimate of drug-likeness (QED) is 0.384. The number of rotatable bonds is 7. The number of hydrogen-bond acceptors (Lipinski definition) is 5. The second kappa shape index (κ2) is 9.07. The molecule has 2 aromatic carbocycles. The average molecular weight is 468 g/mol. The number of nitrogens with zero attached hydrogens (tertiary/aromatic N) is 3. The highest BCUT2D eigenvalue weighted by Crippen LogP contribution is 2.19. The molecule has 0 unspecified atom stereocenters. The normalized spacial score (nSPS) is 12.5. The molecule has 0 spiro atoms. The van der Waals surface area contributed by atoms with Gasteiger partial charge in [0.25, 0.3) is 5.91 Å². The number of allylic oxidation sites excluding steroid dienone is 1. The Morgan fingerprint density at radius 3 is 2.59 bits per heavy atom. The Labute approximate surface area is 189 Å². The van der Waals surface area contributed by atoms with Crippen molar-refractivity contribution in [2.45, 2.75) is 18.0 Å². The van der Waals surface area contributed by atoms with Gasteiger partial charge < -0.3 is 8.98 Å². The first-order valence-corrected chi connectivity index (χ1v) is 12.0. The van der Waals surface area contributed by atoms with Crippen LogP contribution in [0, 0.1) is 0 Å². The van der Waals surface area contributed by atoms with Crippen molar-refractivity contribution in [2.24, 2.45) is 4.99 Å². The molecule has 2 heterocycles. The Hall–Kier alpha value is -3.27. The monoisotopic (exact) mass is 467 g/mol. The van der Waals surface area contributed by atoms with Gasteiger partial charge >= 0.3 is 0 Å². The first kappa shape index (κ1) is 21.9. The number of carbonyl (C=O) groups is 1. The lowest BCUT2D eigenvalue weighted by atomic mass is 10.2. The minimum atomic E-state index is -3.73. The van der Waals surface area contributed by atoms with Crippen LogP contribution in [0.4, 0.5) is 0 Å². The van der Waals surface area contributed by atoms with Crippen molar-refractivity contribution in [2.75, 3.05) is 7.05 Å². The molecule has 0 bridgehead atoms. The molecule has 0 fully saturated rings. The summed E-state index contributed by atoms with van der Waals surface area (Å²) < 4.78 is 35.0. The maximum Gasteiger partial charge on any atom is 0.279 e. The van der Waals surface area contributed by atoms with E-state index in [-0.39, 0.29) is 11.4 Å². The van der Waals surface area contributed by atoms with Crippen molar-refractivity contribution >= 4 is 37.5 Å². The second-order valence-corrected chi connectivity index (χ2v) is 10.1. The summed E-state index contributed by atoms with van der Waals surface area (Å²) in [6, 6.07) is 17.0. The van der Waals surface area contributed by atoms with Gasteiger partial charge in [0.15, 0.2) is 4.80 Å². The number of thiazole rings is 1. The van der Waals surface area contributed by atoms with Gasteiger partial charge in [-0.25, -0.2) is 8.42 Å². The minimum absolute atomic E-state index is 0.0895. The average Bonchev–Trinajstić information content (AvgIpc) is 3.42. The first-order chi connectivity index (χ1) is 15.4. The third kappa shape index (κ3) is 4.36. The molecule has 0 aliphatic carbocycles. The molecular weight excluding hydrogens is 446 g/mol. The maximum absolute atomic E-state index is 12.8. The van der Waals surface area contributed by atoms with Crippen molar-refractivity contribution in [1.29, 1.82) is 0 Å². The van der Waals surface area contributed by atoms with Gasteiger partial charge in [-0.2, -0.15) is 9.30 Å². The van der Waals surface area contributed by atoms with E-state index in [9.17, 15) is 13.2 Å². The number of sulfonamides is 1. The summed E-state index contributed by atoms with van der Waals surface area (Å²) in [7, 11) is -2.25. The predicted octanol–water partition coefficient (Wildman–Crippen LogP) is 4.04. The molecule has 4 rings (SSSR count). The molecular formula is C23H21N3O4S2. The van der Waals surface area contributed by atoms with E-state index in [0.717, 1.165) is 10.2 Å². The Kier molecular flexibility index (Phi) is 6.22. The molecule has 7 nitrogen and oxygen atoms in total. The zero-order valence-corrected chi connectivity index (χ0v) is 19.0. The minimum Gasteiger partial charge on any atom is -0.468 e. The molecule has 0 saturated heterocycles. The van der Waals surface area contributed by atoms with E-state index in [2.05, 4.69) is 11.6 Å². The molecule has 164 valence electrons. The van der Waals surface area contributed by atoms with Crippen molar-refractivity contribution < 1.29 is 17.6 Å². The highest BCUT2D eigenvalue weighted by molar-refractivity contribution is 7.89. The highest BCUT2D eigenvalue weighted by Gasteiger charge is 2.22. The molecule has 2 aromatic heterocycles. The number of carbonyl (C=O) groups excluding carboxylic acids is 1. The summed E-state index contributed by atoms with van der Waals surface area (Å²) in [6.07, 6.45) is 3.25. The van der Waals surface area contributed by atoms with Gasteiger partial charge in [0, 0.05) is 19.2 Å². The van der Waals surface area contributed by atoms with Gasteiger partial charge in [-0.05, 0) is 48.5 Å². The third-order valence-corrected chi connectivity index (χ3v) is 7.74. The van der Waals surface area contributed by atoms with Gasteiger partial charge in [0.2, 0.25) is 10.0 Å².